The molecule has 0 spiro atoms. The van der Waals surface area contributed by atoms with Crippen molar-refractivity contribution in [3.8, 4) is 0 Å². The van der Waals surface area contributed by atoms with Gasteiger partial charge in [0.2, 0.25) is 5.91 Å². The lowest BCUT2D eigenvalue weighted by Gasteiger charge is -2.29. The van der Waals surface area contributed by atoms with Crippen LogP contribution in [-0.4, -0.2) is 24.7 Å². The molecule has 1 rings (SSSR count). The summed E-state index contributed by atoms with van der Waals surface area (Å²) in [6, 6.07) is 0. The molecule has 0 bridgehead atoms. The maximum Gasteiger partial charge on any atom is 0.243 e. The van der Waals surface area contributed by atoms with Crippen LogP contribution in [0.1, 0.15) is 39.0 Å². The molecule has 0 aliphatic heterocycles. The van der Waals surface area contributed by atoms with Crippen molar-refractivity contribution in [1.29, 1.82) is 0 Å². The Morgan fingerprint density at radius 3 is 2.73 bits per heavy atom. The fourth-order valence-corrected chi connectivity index (χ4v) is 2.21. The number of carbonyl (C=O) groups is 1. The second-order valence-corrected chi connectivity index (χ2v) is 4.13. The predicted octanol–water partition coefficient (Wildman–Crippen LogP) is 2.03. The minimum absolute atomic E-state index is 0.0273. The molecule has 3 nitrogen and oxygen atoms in total. The lowest BCUT2D eigenvalue weighted by atomic mass is 9.93. The van der Waals surface area contributed by atoms with Gasteiger partial charge in [-0.1, -0.05) is 19.4 Å². The van der Waals surface area contributed by atoms with Crippen LogP contribution in [0.5, 0.6) is 0 Å². The van der Waals surface area contributed by atoms with Crippen LogP contribution in [0, 0.1) is 0 Å². The number of hydrogen-bond donors (Lipinski definition) is 1. The molecule has 1 aliphatic rings. The van der Waals surface area contributed by atoms with E-state index in [0.29, 0.717) is 0 Å². The largest absolute Gasteiger partial charge is 0.382 e. The van der Waals surface area contributed by atoms with Gasteiger partial charge in [-0.05, 0) is 32.3 Å². The molecule has 1 N–H and O–H groups in total. The summed E-state index contributed by atoms with van der Waals surface area (Å²) in [5.41, 5.74) is -0.0273. The molecule has 0 aromatic rings. The molecule has 3 heteroatoms. The van der Waals surface area contributed by atoms with Crippen molar-refractivity contribution in [1.82, 2.24) is 5.32 Å². The van der Waals surface area contributed by atoms with Gasteiger partial charge in [0.1, 0.15) is 0 Å². The van der Waals surface area contributed by atoms with Crippen LogP contribution in [-0.2, 0) is 9.53 Å². The van der Waals surface area contributed by atoms with Crippen molar-refractivity contribution in [3.63, 3.8) is 0 Å². The van der Waals surface area contributed by atoms with Crippen LogP contribution in [0.25, 0.3) is 0 Å². The highest BCUT2D eigenvalue weighted by molar-refractivity contribution is 5.87. The zero-order chi connectivity index (χ0) is 11.1. The Labute approximate surface area is 91.9 Å². The van der Waals surface area contributed by atoms with E-state index in [0.717, 1.165) is 32.5 Å². The van der Waals surface area contributed by atoms with Crippen LogP contribution < -0.4 is 5.32 Å². The standard InChI is InChI=1S/C12H21NO2/c1-3-11(14)13-12(7-5-6-8-12)9-10-15-4-2/h3H,1,4-10H2,2H3,(H,13,14). The van der Waals surface area contributed by atoms with E-state index in [2.05, 4.69) is 11.9 Å². The molecule has 0 unspecified atom stereocenters. The fourth-order valence-electron chi connectivity index (χ4n) is 2.21. The molecule has 1 amide bonds. The molecule has 0 atom stereocenters. The van der Waals surface area contributed by atoms with E-state index in [-0.39, 0.29) is 11.4 Å². The number of amides is 1. The first-order valence-corrected chi connectivity index (χ1v) is 5.75. The lowest BCUT2D eigenvalue weighted by molar-refractivity contribution is -0.118. The number of ether oxygens (including phenoxy) is 1. The molecule has 0 aromatic carbocycles. The summed E-state index contributed by atoms with van der Waals surface area (Å²) in [5, 5.41) is 3.06. The normalized spacial score (nSPS) is 18.7. The molecule has 1 aliphatic carbocycles. The summed E-state index contributed by atoms with van der Waals surface area (Å²) in [5.74, 6) is -0.0617. The van der Waals surface area contributed by atoms with Gasteiger partial charge in [-0.15, -0.1) is 0 Å². The molecular weight excluding hydrogens is 190 g/mol. The van der Waals surface area contributed by atoms with Gasteiger partial charge in [0.25, 0.3) is 0 Å². The van der Waals surface area contributed by atoms with Crippen LogP contribution in [0.3, 0.4) is 0 Å². The van der Waals surface area contributed by atoms with Gasteiger partial charge in [0, 0.05) is 18.8 Å². The third-order valence-corrected chi connectivity index (χ3v) is 3.06. The SMILES string of the molecule is C=CC(=O)NC1(CCOCC)CCCC1. The topological polar surface area (TPSA) is 38.3 Å². The highest BCUT2D eigenvalue weighted by Crippen LogP contribution is 2.32. The van der Waals surface area contributed by atoms with E-state index in [1.54, 1.807) is 0 Å². The Bertz CT molecular complexity index is 220. The molecule has 15 heavy (non-hydrogen) atoms. The van der Waals surface area contributed by atoms with Crippen LogP contribution in [0.2, 0.25) is 0 Å². The Kier molecular flexibility index (Phi) is 4.82. The van der Waals surface area contributed by atoms with Gasteiger partial charge in [-0.2, -0.15) is 0 Å². The highest BCUT2D eigenvalue weighted by Gasteiger charge is 2.34. The molecule has 0 heterocycles. The minimum Gasteiger partial charge on any atom is -0.382 e. The van der Waals surface area contributed by atoms with Gasteiger partial charge in [0.05, 0.1) is 0 Å². The van der Waals surface area contributed by atoms with E-state index in [1.807, 2.05) is 6.92 Å². The van der Waals surface area contributed by atoms with E-state index in [9.17, 15) is 4.79 Å². The molecule has 1 fully saturated rings. The Hall–Kier alpha value is -0.830. The smallest absolute Gasteiger partial charge is 0.243 e. The second-order valence-electron chi connectivity index (χ2n) is 4.13. The first kappa shape index (κ1) is 12.2. The van der Waals surface area contributed by atoms with Crippen LogP contribution >= 0.6 is 0 Å². The fraction of sp³-hybridized carbons (Fsp3) is 0.750. The highest BCUT2D eigenvalue weighted by atomic mass is 16.5. The summed E-state index contributed by atoms with van der Waals surface area (Å²) in [6.07, 6.45) is 6.80. The van der Waals surface area contributed by atoms with Gasteiger partial charge < -0.3 is 10.1 Å². The van der Waals surface area contributed by atoms with Crippen molar-refractivity contribution >= 4 is 5.91 Å². The van der Waals surface area contributed by atoms with Crippen molar-refractivity contribution < 1.29 is 9.53 Å². The van der Waals surface area contributed by atoms with Crippen LogP contribution in [0.15, 0.2) is 12.7 Å². The average molecular weight is 211 g/mol. The van der Waals surface area contributed by atoms with Gasteiger partial charge in [0.15, 0.2) is 0 Å². The van der Waals surface area contributed by atoms with E-state index in [4.69, 9.17) is 4.74 Å². The average Bonchev–Trinajstić information content (AvgIpc) is 2.67. The molecule has 0 saturated heterocycles. The Morgan fingerprint density at radius 1 is 1.53 bits per heavy atom. The molecule has 86 valence electrons. The van der Waals surface area contributed by atoms with Crippen molar-refractivity contribution in [2.75, 3.05) is 13.2 Å². The maximum atomic E-state index is 11.3. The molecule has 1 saturated carbocycles. The number of hydrogen-bond acceptors (Lipinski definition) is 2. The van der Waals surface area contributed by atoms with Gasteiger partial charge in [-0.3, -0.25) is 4.79 Å². The van der Waals surface area contributed by atoms with E-state index in [1.165, 1.54) is 18.9 Å². The second kappa shape index (κ2) is 5.91. The number of carbonyl (C=O) groups excluding carboxylic acids is 1. The van der Waals surface area contributed by atoms with Crippen LogP contribution in [0.4, 0.5) is 0 Å². The quantitative estimate of drug-likeness (QED) is 0.539. The molecular formula is C12H21NO2. The van der Waals surface area contributed by atoms with Gasteiger partial charge in [-0.25, -0.2) is 0 Å². The lowest BCUT2D eigenvalue weighted by Crippen LogP contribution is -2.46. The van der Waals surface area contributed by atoms with E-state index < -0.39 is 0 Å². The maximum absolute atomic E-state index is 11.3. The molecule has 0 radical (unpaired) electrons. The van der Waals surface area contributed by atoms with Gasteiger partial charge >= 0.3 is 0 Å². The summed E-state index contributed by atoms with van der Waals surface area (Å²) < 4.78 is 5.36. The third-order valence-electron chi connectivity index (χ3n) is 3.06. The van der Waals surface area contributed by atoms with Crippen molar-refractivity contribution in [2.24, 2.45) is 0 Å². The van der Waals surface area contributed by atoms with E-state index >= 15 is 0 Å². The summed E-state index contributed by atoms with van der Waals surface area (Å²) in [4.78, 5) is 11.3. The monoisotopic (exact) mass is 211 g/mol. The predicted molar refractivity (Wildman–Crippen MR) is 60.6 cm³/mol. The zero-order valence-corrected chi connectivity index (χ0v) is 9.55. The number of nitrogens with one attached hydrogen (secondary N) is 1. The summed E-state index contributed by atoms with van der Waals surface area (Å²) in [7, 11) is 0. The summed E-state index contributed by atoms with van der Waals surface area (Å²) in [6.45, 7) is 6.95. The number of rotatable bonds is 6. The first-order valence-electron chi connectivity index (χ1n) is 5.75. The summed E-state index contributed by atoms with van der Waals surface area (Å²) >= 11 is 0. The zero-order valence-electron chi connectivity index (χ0n) is 9.55. The van der Waals surface area contributed by atoms with Crippen molar-refractivity contribution in [3.05, 3.63) is 12.7 Å². The molecule has 0 aromatic heterocycles. The Balaban J connectivity index is 2.46. The van der Waals surface area contributed by atoms with Crippen molar-refractivity contribution in [2.45, 2.75) is 44.6 Å². The third kappa shape index (κ3) is 3.67. The Morgan fingerprint density at radius 2 is 2.20 bits per heavy atom. The minimum atomic E-state index is -0.0617. The first-order chi connectivity index (χ1) is 7.22.